The first-order valence-electron chi connectivity index (χ1n) is 9.28. The summed E-state index contributed by atoms with van der Waals surface area (Å²) in [6, 6.07) is 19.5. The summed E-state index contributed by atoms with van der Waals surface area (Å²) in [4.78, 5) is 24.0. The molecule has 0 aromatic heterocycles. The van der Waals surface area contributed by atoms with Crippen LogP contribution in [0.1, 0.15) is 28.3 Å². The van der Waals surface area contributed by atoms with Gasteiger partial charge in [-0.15, -0.1) is 0 Å². The zero-order valence-corrected chi connectivity index (χ0v) is 16.5. The molecule has 0 fully saturated rings. The van der Waals surface area contributed by atoms with Crippen molar-refractivity contribution in [2.75, 3.05) is 10.6 Å². The number of nitro benzene ring substituents is 1. The van der Waals surface area contributed by atoms with Crippen molar-refractivity contribution >= 4 is 23.0 Å². The summed E-state index contributed by atoms with van der Waals surface area (Å²) in [5.41, 5.74) is 3.62. The Hall–Kier alpha value is -4.18. The maximum Gasteiger partial charge on any atom is 0.269 e. The lowest BCUT2D eigenvalue weighted by atomic mass is 10.0. The predicted molar refractivity (Wildman–Crippen MR) is 115 cm³/mol. The van der Waals surface area contributed by atoms with E-state index >= 15 is 0 Å². The number of carbonyl (C=O) groups is 1. The normalized spacial score (nSPS) is 11.2. The molecule has 3 aromatic rings. The standard InChI is InChI=1S/C23H20N4O3/c1-15-7-5-8-16(2)21(15)26-23(28)22(17-10-6-11-19(13-17)27(29)30)25-20-12-4-3-9-18(20)14-24/h3-13,22,25H,1-2H3,(H,26,28). The van der Waals surface area contributed by atoms with Gasteiger partial charge in [0.05, 0.1) is 16.2 Å². The molecule has 0 spiro atoms. The SMILES string of the molecule is Cc1cccc(C)c1NC(=O)C(Nc1ccccc1C#N)c1cccc([N+](=O)[O-])c1. The van der Waals surface area contributed by atoms with Gasteiger partial charge >= 0.3 is 0 Å². The van der Waals surface area contributed by atoms with E-state index in [0.29, 0.717) is 22.5 Å². The molecule has 0 saturated heterocycles. The third-order valence-electron chi connectivity index (χ3n) is 4.75. The van der Waals surface area contributed by atoms with E-state index in [0.717, 1.165) is 11.1 Å². The van der Waals surface area contributed by atoms with E-state index in [1.165, 1.54) is 18.2 Å². The number of amides is 1. The molecule has 1 amide bonds. The number of carbonyl (C=O) groups excluding carboxylic acids is 1. The van der Waals surface area contributed by atoms with Gasteiger partial charge in [-0.1, -0.05) is 42.5 Å². The first kappa shape index (κ1) is 20.6. The monoisotopic (exact) mass is 400 g/mol. The average Bonchev–Trinajstić information content (AvgIpc) is 2.75. The second-order valence-electron chi connectivity index (χ2n) is 6.84. The minimum Gasteiger partial charge on any atom is -0.369 e. The predicted octanol–water partition coefficient (Wildman–Crippen LogP) is 4.88. The number of nitro groups is 1. The smallest absolute Gasteiger partial charge is 0.269 e. The molecule has 0 aliphatic rings. The Morgan fingerprint density at radius 2 is 1.70 bits per heavy atom. The number of nitriles is 1. The van der Waals surface area contributed by atoms with Gasteiger partial charge in [0, 0.05) is 17.8 Å². The fourth-order valence-corrected chi connectivity index (χ4v) is 3.19. The highest BCUT2D eigenvalue weighted by Crippen LogP contribution is 2.28. The number of anilines is 2. The van der Waals surface area contributed by atoms with Gasteiger partial charge in [-0.2, -0.15) is 5.26 Å². The largest absolute Gasteiger partial charge is 0.369 e. The van der Waals surface area contributed by atoms with Gasteiger partial charge < -0.3 is 10.6 Å². The van der Waals surface area contributed by atoms with Crippen LogP contribution in [0.4, 0.5) is 17.1 Å². The molecule has 1 atom stereocenters. The number of hydrogen-bond acceptors (Lipinski definition) is 5. The van der Waals surface area contributed by atoms with Crippen LogP contribution in [-0.4, -0.2) is 10.8 Å². The van der Waals surface area contributed by atoms with E-state index in [1.807, 2.05) is 32.0 Å². The molecule has 2 N–H and O–H groups in total. The second kappa shape index (κ2) is 8.88. The van der Waals surface area contributed by atoms with Crippen LogP contribution in [0, 0.1) is 35.3 Å². The Bertz CT molecular complexity index is 1130. The maximum atomic E-state index is 13.3. The van der Waals surface area contributed by atoms with Gasteiger partial charge in [-0.05, 0) is 42.7 Å². The fraction of sp³-hybridized carbons (Fsp3) is 0.130. The molecule has 3 aromatic carbocycles. The summed E-state index contributed by atoms with van der Waals surface area (Å²) in [7, 11) is 0. The van der Waals surface area contributed by atoms with E-state index in [-0.39, 0.29) is 11.6 Å². The second-order valence-corrected chi connectivity index (χ2v) is 6.84. The molecule has 0 saturated carbocycles. The van der Waals surface area contributed by atoms with Crippen molar-refractivity contribution in [3.05, 3.63) is 99.1 Å². The molecule has 0 bridgehead atoms. The quantitative estimate of drug-likeness (QED) is 0.453. The summed E-state index contributed by atoms with van der Waals surface area (Å²) in [5, 5.41) is 26.6. The molecule has 150 valence electrons. The molecule has 0 radical (unpaired) electrons. The Kier molecular flexibility index (Phi) is 6.08. The number of para-hydroxylation sites is 2. The first-order valence-corrected chi connectivity index (χ1v) is 9.28. The van der Waals surface area contributed by atoms with E-state index in [4.69, 9.17) is 0 Å². The van der Waals surface area contributed by atoms with E-state index in [2.05, 4.69) is 16.7 Å². The zero-order chi connectivity index (χ0) is 21.7. The van der Waals surface area contributed by atoms with Crippen LogP contribution in [0.15, 0.2) is 66.7 Å². The number of benzene rings is 3. The van der Waals surface area contributed by atoms with E-state index in [9.17, 15) is 20.2 Å². The van der Waals surface area contributed by atoms with Crippen molar-refractivity contribution < 1.29 is 9.72 Å². The molecular weight excluding hydrogens is 380 g/mol. The third kappa shape index (κ3) is 4.45. The van der Waals surface area contributed by atoms with Crippen LogP contribution in [0.5, 0.6) is 0 Å². The first-order chi connectivity index (χ1) is 14.4. The van der Waals surface area contributed by atoms with E-state index in [1.54, 1.807) is 30.3 Å². The van der Waals surface area contributed by atoms with Crippen molar-refractivity contribution in [3.63, 3.8) is 0 Å². The Morgan fingerprint density at radius 1 is 1.03 bits per heavy atom. The molecule has 7 heteroatoms. The molecule has 0 aliphatic carbocycles. The van der Waals surface area contributed by atoms with Crippen LogP contribution in [0.2, 0.25) is 0 Å². The summed E-state index contributed by atoms with van der Waals surface area (Å²) >= 11 is 0. The highest BCUT2D eigenvalue weighted by Gasteiger charge is 2.24. The van der Waals surface area contributed by atoms with Crippen LogP contribution in [0.3, 0.4) is 0 Å². The van der Waals surface area contributed by atoms with Crippen LogP contribution in [0.25, 0.3) is 0 Å². The molecule has 7 nitrogen and oxygen atoms in total. The Labute approximate surface area is 174 Å². The van der Waals surface area contributed by atoms with Gasteiger partial charge in [0.2, 0.25) is 0 Å². The number of nitrogens with zero attached hydrogens (tertiary/aromatic N) is 2. The van der Waals surface area contributed by atoms with Gasteiger partial charge in [0.15, 0.2) is 0 Å². The third-order valence-corrected chi connectivity index (χ3v) is 4.75. The minimum atomic E-state index is -0.946. The Morgan fingerprint density at radius 3 is 2.37 bits per heavy atom. The maximum absolute atomic E-state index is 13.3. The van der Waals surface area contributed by atoms with Crippen LogP contribution < -0.4 is 10.6 Å². The topological polar surface area (TPSA) is 108 Å². The number of rotatable bonds is 6. The summed E-state index contributed by atoms with van der Waals surface area (Å²) < 4.78 is 0. The molecule has 0 aliphatic heterocycles. The zero-order valence-electron chi connectivity index (χ0n) is 16.5. The minimum absolute atomic E-state index is 0.118. The lowest BCUT2D eigenvalue weighted by Crippen LogP contribution is -2.28. The average molecular weight is 400 g/mol. The number of aryl methyl sites for hydroxylation is 2. The van der Waals surface area contributed by atoms with Crippen molar-refractivity contribution in [2.24, 2.45) is 0 Å². The Balaban J connectivity index is 2.03. The number of hydrogen-bond donors (Lipinski definition) is 2. The van der Waals surface area contributed by atoms with E-state index < -0.39 is 11.0 Å². The van der Waals surface area contributed by atoms with Crippen molar-refractivity contribution in [1.29, 1.82) is 5.26 Å². The van der Waals surface area contributed by atoms with Crippen molar-refractivity contribution in [1.82, 2.24) is 0 Å². The number of non-ortho nitro benzene ring substituents is 1. The highest BCUT2D eigenvalue weighted by atomic mass is 16.6. The molecule has 0 heterocycles. The lowest BCUT2D eigenvalue weighted by Gasteiger charge is -2.22. The molecule has 1 unspecified atom stereocenters. The van der Waals surface area contributed by atoms with Crippen LogP contribution in [-0.2, 0) is 4.79 Å². The van der Waals surface area contributed by atoms with Crippen LogP contribution >= 0.6 is 0 Å². The van der Waals surface area contributed by atoms with Gasteiger partial charge in [-0.3, -0.25) is 14.9 Å². The van der Waals surface area contributed by atoms with Crippen molar-refractivity contribution in [2.45, 2.75) is 19.9 Å². The summed E-state index contributed by atoms with van der Waals surface area (Å²) in [6.45, 7) is 3.78. The number of nitrogens with one attached hydrogen (secondary N) is 2. The van der Waals surface area contributed by atoms with Crippen molar-refractivity contribution in [3.8, 4) is 6.07 Å². The molecule has 30 heavy (non-hydrogen) atoms. The molecular formula is C23H20N4O3. The van der Waals surface area contributed by atoms with Gasteiger partial charge in [-0.25, -0.2) is 0 Å². The highest BCUT2D eigenvalue weighted by molar-refractivity contribution is 5.98. The summed E-state index contributed by atoms with van der Waals surface area (Å²) in [5.74, 6) is -0.388. The summed E-state index contributed by atoms with van der Waals surface area (Å²) in [6.07, 6.45) is 0. The lowest BCUT2D eigenvalue weighted by molar-refractivity contribution is -0.384. The molecule has 3 rings (SSSR count). The van der Waals surface area contributed by atoms with Gasteiger partial charge in [0.1, 0.15) is 12.1 Å². The fourth-order valence-electron chi connectivity index (χ4n) is 3.19. The van der Waals surface area contributed by atoms with Gasteiger partial charge in [0.25, 0.3) is 11.6 Å².